The summed E-state index contributed by atoms with van der Waals surface area (Å²) in [6, 6.07) is 2.14. The fourth-order valence-electron chi connectivity index (χ4n) is 3.48. The number of aromatic amines is 2. The number of hydrogen-bond acceptors (Lipinski definition) is 4. The minimum atomic E-state index is -2.42. The average molecular weight is 378 g/mol. The maximum absolute atomic E-state index is 12.2. The summed E-state index contributed by atoms with van der Waals surface area (Å²) >= 11 is 1.55. The van der Waals surface area contributed by atoms with Crippen molar-refractivity contribution in [3.63, 3.8) is 0 Å². The molecular formula is C18H20F2N4OS. The van der Waals surface area contributed by atoms with Gasteiger partial charge in [-0.05, 0) is 37.3 Å². The molecule has 1 aliphatic carbocycles. The number of aromatic nitrogens is 3. The van der Waals surface area contributed by atoms with E-state index in [0.29, 0.717) is 6.54 Å². The highest BCUT2D eigenvalue weighted by atomic mass is 32.1. The second-order valence-electron chi connectivity index (χ2n) is 6.74. The summed E-state index contributed by atoms with van der Waals surface area (Å²) in [5, 5.41) is 10.5. The van der Waals surface area contributed by atoms with Crippen molar-refractivity contribution in [2.75, 3.05) is 13.1 Å². The lowest BCUT2D eigenvalue weighted by Gasteiger charge is -2.15. The van der Waals surface area contributed by atoms with Gasteiger partial charge in [-0.15, -0.1) is 11.3 Å². The molecule has 8 heteroatoms. The van der Waals surface area contributed by atoms with Gasteiger partial charge in [0, 0.05) is 40.7 Å². The Labute approximate surface area is 152 Å². The number of fused-ring (bicyclic) bond motifs is 3. The molecule has 1 saturated heterocycles. The minimum Gasteiger partial charge on any atom is -0.325 e. The zero-order valence-electron chi connectivity index (χ0n) is 14.2. The Morgan fingerprint density at radius 3 is 2.73 bits per heavy atom. The second-order valence-corrected chi connectivity index (χ2v) is 7.79. The van der Waals surface area contributed by atoms with Crippen LogP contribution >= 0.6 is 11.3 Å². The molecule has 5 rings (SSSR count). The number of aryl methyl sites for hydroxylation is 2. The fourth-order valence-corrected chi connectivity index (χ4v) is 4.54. The largest absolute Gasteiger partial charge is 0.325 e. The first kappa shape index (κ1) is 17.4. The highest BCUT2D eigenvalue weighted by molar-refractivity contribution is 7.22. The van der Waals surface area contributed by atoms with Gasteiger partial charge in [-0.25, -0.2) is 8.78 Å². The van der Waals surface area contributed by atoms with Crippen molar-refractivity contribution in [2.45, 2.75) is 38.0 Å². The van der Waals surface area contributed by atoms with Gasteiger partial charge in [0.2, 0.25) is 0 Å². The van der Waals surface area contributed by atoms with Crippen LogP contribution in [0.2, 0.25) is 0 Å². The Morgan fingerprint density at radius 2 is 2.08 bits per heavy atom. The third-order valence-electron chi connectivity index (χ3n) is 4.83. The van der Waals surface area contributed by atoms with Crippen LogP contribution in [0.1, 0.15) is 30.5 Å². The van der Waals surface area contributed by atoms with Crippen LogP contribution in [0, 0.1) is 0 Å². The summed E-state index contributed by atoms with van der Waals surface area (Å²) in [6.07, 6.45) is 8.13. The Kier molecular flexibility index (Phi) is 4.62. The van der Waals surface area contributed by atoms with Crippen LogP contribution in [0.4, 0.5) is 8.78 Å². The number of H-pyrrole nitrogens is 2. The topological polar surface area (TPSA) is 73.6 Å². The van der Waals surface area contributed by atoms with Gasteiger partial charge in [0.1, 0.15) is 4.70 Å². The Bertz CT molecular complexity index is 954. The van der Waals surface area contributed by atoms with E-state index >= 15 is 0 Å². The first-order valence-electron chi connectivity index (χ1n) is 8.79. The smallest absolute Gasteiger partial charge is 0.266 e. The lowest BCUT2D eigenvalue weighted by Crippen LogP contribution is -2.18. The normalized spacial score (nSPS) is 18.4. The number of halogens is 2. The molecule has 5 nitrogen and oxygen atoms in total. The van der Waals surface area contributed by atoms with Gasteiger partial charge in [0.15, 0.2) is 0 Å². The monoisotopic (exact) mass is 378 g/mol. The van der Waals surface area contributed by atoms with E-state index in [2.05, 4.69) is 26.6 Å². The maximum atomic E-state index is 12.2. The predicted octanol–water partition coefficient (Wildman–Crippen LogP) is 3.47. The molecule has 26 heavy (non-hydrogen) atoms. The van der Waals surface area contributed by atoms with E-state index in [1.165, 1.54) is 18.4 Å². The van der Waals surface area contributed by atoms with Crippen molar-refractivity contribution >= 4 is 21.4 Å². The van der Waals surface area contributed by atoms with Crippen LogP contribution < -0.4 is 10.9 Å². The van der Waals surface area contributed by atoms with Gasteiger partial charge in [-0.1, -0.05) is 0 Å². The van der Waals surface area contributed by atoms with Crippen LogP contribution in [-0.2, 0) is 12.8 Å². The van der Waals surface area contributed by atoms with Gasteiger partial charge >= 0.3 is 0 Å². The predicted molar refractivity (Wildman–Crippen MR) is 99.1 cm³/mol. The quantitative estimate of drug-likeness (QED) is 0.607. The summed E-state index contributed by atoms with van der Waals surface area (Å²) in [4.78, 5) is 16.3. The fraction of sp³-hybridized carbons (Fsp3) is 0.444. The molecule has 4 heterocycles. The molecular weight excluding hydrogens is 358 g/mol. The molecule has 1 aliphatic heterocycles. The lowest BCUT2D eigenvalue weighted by molar-refractivity contribution is 0.0238. The molecule has 0 aromatic carbocycles. The third-order valence-corrected chi connectivity index (χ3v) is 6.01. The van der Waals surface area contributed by atoms with E-state index in [1.807, 2.05) is 6.20 Å². The molecule has 2 aliphatic rings. The first-order chi connectivity index (χ1) is 12.5. The first-order valence-corrected chi connectivity index (χ1v) is 9.60. The Morgan fingerprint density at radius 1 is 1.23 bits per heavy atom. The lowest BCUT2D eigenvalue weighted by atomic mass is 9.93. The van der Waals surface area contributed by atoms with Crippen molar-refractivity contribution in [3.05, 3.63) is 40.1 Å². The number of pyridine rings is 1. The second kappa shape index (κ2) is 6.92. The van der Waals surface area contributed by atoms with Crippen molar-refractivity contribution in [2.24, 2.45) is 0 Å². The molecule has 138 valence electrons. The molecule has 0 spiro atoms. The molecule has 0 atom stereocenters. The van der Waals surface area contributed by atoms with Crippen LogP contribution in [0.5, 0.6) is 0 Å². The molecule has 1 fully saturated rings. The van der Waals surface area contributed by atoms with Crippen molar-refractivity contribution in [3.8, 4) is 10.4 Å². The Balaban J connectivity index is 0.000000204. The SMILES string of the molecule is FC1(F)CCNC1.O=c1[nH]c2c(c3cc(-c4cn[nH]c4)sc13)CCCC2. The number of thiophene rings is 1. The van der Waals surface area contributed by atoms with Crippen LogP contribution in [0.15, 0.2) is 23.3 Å². The van der Waals surface area contributed by atoms with Crippen LogP contribution in [-0.4, -0.2) is 34.2 Å². The number of hydrogen-bond donors (Lipinski definition) is 3. The summed E-state index contributed by atoms with van der Waals surface area (Å²) in [7, 11) is 0. The highest BCUT2D eigenvalue weighted by Crippen LogP contribution is 2.35. The van der Waals surface area contributed by atoms with E-state index in [0.717, 1.165) is 39.1 Å². The molecule has 0 bridgehead atoms. The number of nitrogens with zero attached hydrogens (tertiary/aromatic N) is 1. The average Bonchev–Trinajstić information content (AvgIpc) is 3.35. The molecule has 0 saturated carbocycles. The summed E-state index contributed by atoms with van der Waals surface area (Å²) < 4.78 is 24.6. The molecule has 0 radical (unpaired) electrons. The number of rotatable bonds is 1. The number of alkyl halides is 2. The third kappa shape index (κ3) is 3.43. The molecule has 3 aromatic heterocycles. The van der Waals surface area contributed by atoms with Crippen molar-refractivity contribution in [1.82, 2.24) is 20.5 Å². The summed E-state index contributed by atoms with van der Waals surface area (Å²) in [5.41, 5.74) is 3.58. The standard InChI is InChI=1S/C14H13N3OS.C4H7F2N/c18-14-13-10(9-3-1-2-4-11(9)17-14)5-12(19-13)8-6-15-16-7-8;5-4(6)1-2-7-3-4/h5-7H,1-4H2,(H,15,16)(H,17,18);7H,1-3H2. The molecule has 3 N–H and O–H groups in total. The van der Waals surface area contributed by atoms with Gasteiger partial charge < -0.3 is 10.3 Å². The van der Waals surface area contributed by atoms with E-state index in [1.54, 1.807) is 17.5 Å². The van der Waals surface area contributed by atoms with Crippen molar-refractivity contribution < 1.29 is 8.78 Å². The van der Waals surface area contributed by atoms with Crippen LogP contribution in [0.25, 0.3) is 20.5 Å². The maximum Gasteiger partial charge on any atom is 0.266 e. The summed E-state index contributed by atoms with van der Waals surface area (Å²) in [5.74, 6) is -2.42. The number of nitrogens with one attached hydrogen (secondary N) is 3. The van der Waals surface area contributed by atoms with Gasteiger partial charge in [0.25, 0.3) is 11.5 Å². The molecule has 3 aromatic rings. The summed E-state index contributed by atoms with van der Waals surface area (Å²) in [6.45, 7) is 0.333. The van der Waals surface area contributed by atoms with E-state index in [4.69, 9.17) is 0 Å². The van der Waals surface area contributed by atoms with Gasteiger partial charge in [-0.2, -0.15) is 5.10 Å². The van der Waals surface area contributed by atoms with E-state index in [9.17, 15) is 13.6 Å². The molecule has 0 unspecified atom stereocenters. The van der Waals surface area contributed by atoms with Gasteiger partial charge in [0.05, 0.1) is 12.7 Å². The zero-order valence-corrected chi connectivity index (χ0v) is 15.0. The van der Waals surface area contributed by atoms with E-state index < -0.39 is 5.92 Å². The zero-order chi connectivity index (χ0) is 18.1. The van der Waals surface area contributed by atoms with Crippen LogP contribution in [0.3, 0.4) is 0 Å². The highest BCUT2D eigenvalue weighted by Gasteiger charge is 2.32. The Hall–Kier alpha value is -2.06. The minimum absolute atomic E-state index is 0.00694. The van der Waals surface area contributed by atoms with E-state index in [-0.39, 0.29) is 18.5 Å². The molecule has 0 amide bonds. The van der Waals surface area contributed by atoms with Crippen molar-refractivity contribution in [1.29, 1.82) is 0 Å². The van der Waals surface area contributed by atoms with Gasteiger partial charge in [-0.3, -0.25) is 9.89 Å².